The molecule has 1 N–H and O–H groups in total. The summed E-state index contributed by atoms with van der Waals surface area (Å²) in [6.07, 6.45) is 2.05. The summed E-state index contributed by atoms with van der Waals surface area (Å²) in [7, 11) is 7.35. The van der Waals surface area contributed by atoms with Gasteiger partial charge in [0.2, 0.25) is 0 Å². The molecule has 28 heavy (non-hydrogen) atoms. The number of benzene rings is 1. The maximum absolute atomic E-state index is 12.8. The van der Waals surface area contributed by atoms with Crippen molar-refractivity contribution in [1.82, 2.24) is 19.7 Å². The summed E-state index contributed by atoms with van der Waals surface area (Å²) in [4.78, 5) is 17.5. The number of methoxy groups -OCH3 is 2. The molecule has 7 heteroatoms. The molecule has 0 saturated carbocycles. The molecule has 2 heterocycles. The highest BCUT2D eigenvalue weighted by molar-refractivity contribution is 5.94. The molecule has 1 atom stereocenters. The summed E-state index contributed by atoms with van der Waals surface area (Å²) < 4.78 is 12.7. The number of carbonyl (C=O) groups excluding carboxylic acids is 1. The highest BCUT2D eigenvalue weighted by atomic mass is 16.5. The molecule has 1 amide bonds. The third-order valence-electron chi connectivity index (χ3n) is 5.41. The van der Waals surface area contributed by atoms with Crippen LogP contribution in [0.4, 0.5) is 0 Å². The second kappa shape index (κ2) is 9.12. The van der Waals surface area contributed by atoms with E-state index in [-0.39, 0.29) is 11.9 Å². The predicted molar refractivity (Wildman–Crippen MR) is 109 cm³/mol. The van der Waals surface area contributed by atoms with E-state index in [1.807, 2.05) is 0 Å². The smallest absolute Gasteiger partial charge is 0.251 e. The minimum Gasteiger partial charge on any atom is -0.493 e. The van der Waals surface area contributed by atoms with Gasteiger partial charge in [-0.25, -0.2) is 0 Å². The van der Waals surface area contributed by atoms with Crippen LogP contribution < -0.4 is 14.8 Å². The summed E-state index contributed by atoms with van der Waals surface area (Å²) in [5, 5.41) is 3.11. The van der Waals surface area contributed by atoms with Crippen molar-refractivity contribution in [2.24, 2.45) is 7.05 Å². The van der Waals surface area contributed by atoms with Crippen LogP contribution in [0.3, 0.4) is 0 Å². The summed E-state index contributed by atoms with van der Waals surface area (Å²) in [5.74, 6) is 1.04. The number of nitrogens with one attached hydrogen (secondary N) is 1. The zero-order valence-electron chi connectivity index (χ0n) is 17.1. The van der Waals surface area contributed by atoms with Crippen molar-refractivity contribution >= 4 is 5.91 Å². The van der Waals surface area contributed by atoms with Crippen molar-refractivity contribution in [1.29, 1.82) is 0 Å². The first kappa shape index (κ1) is 20.2. The number of aryl methyl sites for hydroxylation is 1. The lowest BCUT2D eigenvalue weighted by atomic mass is 10.1. The van der Waals surface area contributed by atoms with Gasteiger partial charge in [0.05, 0.1) is 20.3 Å². The monoisotopic (exact) mass is 386 g/mol. The number of ether oxygens (including phenoxy) is 2. The first-order chi connectivity index (χ1) is 13.5. The van der Waals surface area contributed by atoms with E-state index in [0.29, 0.717) is 23.6 Å². The van der Waals surface area contributed by atoms with Gasteiger partial charge >= 0.3 is 0 Å². The molecule has 1 fully saturated rings. The molecule has 0 unspecified atom stereocenters. The molecule has 1 aliphatic heterocycles. The Hall–Kier alpha value is -2.51. The lowest BCUT2D eigenvalue weighted by Crippen LogP contribution is -2.48. The van der Waals surface area contributed by atoms with Crippen LogP contribution in [0.2, 0.25) is 0 Å². The van der Waals surface area contributed by atoms with Crippen molar-refractivity contribution in [3.63, 3.8) is 0 Å². The van der Waals surface area contributed by atoms with Gasteiger partial charge in [0.1, 0.15) is 0 Å². The molecule has 1 aromatic heterocycles. The average Bonchev–Trinajstić information content (AvgIpc) is 3.14. The molecule has 2 aromatic rings. The molecule has 1 saturated heterocycles. The molecule has 0 radical (unpaired) electrons. The Bertz CT molecular complexity index is 797. The Labute approximate surface area is 166 Å². The third kappa shape index (κ3) is 4.48. The van der Waals surface area contributed by atoms with Gasteiger partial charge in [0.15, 0.2) is 11.5 Å². The number of piperazine rings is 1. The number of aromatic nitrogens is 1. The van der Waals surface area contributed by atoms with Crippen molar-refractivity contribution in [2.75, 3.05) is 54.0 Å². The van der Waals surface area contributed by atoms with Gasteiger partial charge in [-0.2, -0.15) is 0 Å². The fourth-order valence-corrected chi connectivity index (χ4v) is 3.64. The second-order valence-corrected chi connectivity index (χ2v) is 7.18. The summed E-state index contributed by atoms with van der Waals surface area (Å²) in [6.45, 7) is 4.58. The molecule has 152 valence electrons. The van der Waals surface area contributed by atoms with E-state index < -0.39 is 0 Å². The van der Waals surface area contributed by atoms with E-state index in [4.69, 9.17) is 9.47 Å². The van der Waals surface area contributed by atoms with Crippen LogP contribution in [-0.2, 0) is 7.05 Å². The minimum absolute atomic E-state index is 0.116. The van der Waals surface area contributed by atoms with Gasteiger partial charge in [0, 0.05) is 57.2 Å². The first-order valence-electron chi connectivity index (χ1n) is 9.57. The van der Waals surface area contributed by atoms with E-state index in [2.05, 4.69) is 52.1 Å². The van der Waals surface area contributed by atoms with Crippen LogP contribution in [0.15, 0.2) is 36.5 Å². The highest BCUT2D eigenvalue weighted by Gasteiger charge is 2.26. The number of carbonyl (C=O) groups is 1. The molecular formula is C21H30N4O3. The van der Waals surface area contributed by atoms with Crippen molar-refractivity contribution in [3.05, 3.63) is 47.8 Å². The van der Waals surface area contributed by atoms with Gasteiger partial charge in [-0.1, -0.05) is 0 Å². The zero-order valence-corrected chi connectivity index (χ0v) is 17.1. The fraction of sp³-hybridized carbons (Fsp3) is 0.476. The molecular weight excluding hydrogens is 356 g/mol. The van der Waals surface area contributed by atoms with Crippen LogP contribution in [0.1, 0.15) is 22.1 Å². The minimum atomic E-state index is -0.116. The number of rotatable bonds is 7. The fourth-order valence-electron chi connectivity index (χ4n) is 3.64. The number of nitrogens with zero attached hydrogens (tertiary/aromatic N) is 3. The van der Waals surface area contributed by atoms with Gasteiger partial charge in [0.25, 0.3) is 5.91 Å². The molecule has 7 nitrogen and oxygen atoms in total. The lowest BCUT2D eigenvalue weighted by molar-refractivity contribution is 0.0877. The molecule has 0 aliphatic carbocycles. The zero-order chi connectivity index (χ0) is 20.1. The van der Waals surface area contributed by atoms with Gasteiger partial charge in [-0.3, -0.25) is 9.69 Å². The Morgan fingerprint density at radius 1 is 1.07 bits per heavy atom. The molecule has 3 rings (SSSR count). The molecule has 0 bridgehead atoms. The number of hydrogen-bond donors (Lipinski definition) is 1. The molecule has 0 spiro atoms. The van der Waals surface area contributed by atoms with Gasteiger partial charge in [-0.05, 0) is 37.4 Å². The highest BCUT2D eigenvalue weighted by Crippen LogP contribution is 2.28. The topological polar surface area (TPSA) is 59.0 Å². The predicted octanol–water partition coefficient (Wildman–Crippen LogP) is 1.76. The average molecular weight is 386 g/mol. The molecule has 1 aliphatic rings. The number of hydrogen-bond acceptors (Lipinski definition) is 5. The molecule has 1 aromatic carbocycles. The second-order valence-electron chi connectivity index (χ2n) is 7.18. The van der Waals surface area contributed by atoms with Crippen LogP contribution in [-0.4, -0.2) is 74.3 Å². The van der Waals surface area contributed by atoms with Crippen LogP contribution in [0, 0.1) is 0 Å². The number of amides is 1. The first-order valence-corrected chi connectivity index (χ1v) is 9.57. The van der Waals surface area contributed by atoms with Crippen molar-refractivity contribution in [3.8, 4) is 11.5 Å². The van der Waals surface area contributed by atoms with Gasteiger partial charge in [-0.15, -0.1) is 0 Å². The summed E-state index contributed by atoms with van der Waals surface area (Å²) in [6, 6.07) is 9.53. The van der Waals surface area contributed by atoms with Crippen LogP contribution in [0.25, 0.3) is 0 Å². The maximum atomic E-state index is 12.8. The van der Waals surface area contributed by atoms with Gasteiger partial charge < -0.3 is 24.3 Å². The Morgan fingerprint density at radius 3 is 2.39 bits per heavy atom. The Balaban J connectivity index is 1.73. The van der Waals surface area contributed by atoms with Crippen molar-refractivity contribution in [2.45, 2.75) is 6.04 Å². The Kier molecular flexibility index (Phi) is 6.59. The third-order valence-corrected chi connectivity index (χ3v) is 5.41. The van der Waals surface area contributed by atoms with E-state index in [1.54, 1.807) is 32.4 Å². The van der Waals surface area contributed by atoms with E-state index in [9.17, 15) is 4.79 Å². The lowest BCUT2D eigenvalue weighted by Gasteiger charge is -2.38. The number of likely N-dealkylation sites (N-methyl/N-ethyl adjacent to an activating group) is 1. The normalized spacial score (nSPS) is 16.6. The van der Waals surface area contributed by atoms with Crippen LogP contribution in [0.5, 0.6) is 11.5 Å². The quantitative estimate of drug-likeness (QED) is 0.786. The maximum Gasteiger partial charge on any atom is 0.251 e. The van der Waals surface area contributed by atoms with E-state index in [0.717, 1.165) is 26.2 Å². The summed E-state index contributed by atoms with van der Waals surface area (Å²) in [5.41, 5.74) is 1.76. The van der Waals surface area contributed by atoms with E-state index >= 15 is 0 Å². The van der Waals surface area contributed by atoms with Crippen LogP contribution >= 0.6 is 0 Å². The Morgan fingerprint density at radius 2 is 1.79 bits per heavy atom. The SMILES string of the molecule is COc1ccc(C(=O)NC[C@H](c2cccn2C)N2CCN(C)CC2)cc1OC. The summed E-state index contributed by atoms with van der Waals surface area (Å²) >= 11 is 0. The van der Waals surface area contributed by atoms with Crippen molar-refractivity contribution < 1.29 is 14.3 Å². The standard InChI is InChI=1S/C21H30N4O3/c1-23-10-12-25(13-11-23)18(17-6-5-9-24(17)2)15-22-21(26)16-7-8-19(27-3)20(14-16)28-4/h5-9,14,18H,10-13,15H2,1-4H3,(H,22,26)/t18-/m1/s1. The largest absolute Gasteiger partial charge is 0.493 e. The van der Waals surface area contributed by atoms with E-state index in [1.165, 1.54) is 5.69 Å².